The lowest BCUT2D eigenvalue weighted by atomic mass is 10.1. The van der Waals surface area contributed by atoms with Crippen molar-refractivity contribution in [2.75, 3.05) is 21.1 Å². The van der Waals surface area contributed by atoms with Crippen LogP contribution in [0.1, 0.15) is 46.5 Å². The van der Waals surface area contributed by atoms with E-state index in [1.54, 1.807) is 13.8 Å². The van der Waals surface area contributed by atoms with Gasteiger partial charge in [-0.2, -0.15) is 0 Å². The number of unbranched alkanes of at least 4 members (excludes halogenated alkanes) is 2. The van der Waals surface area contributed by atoms with Crippen molar-refractivity contribution in [3.8, 4) is 0 Å². The lowest BCUT2D eigenvalue weighted by Gasteiger charge is -2.42. The first kappa shape index (κ1) is 20.4. The van der Waals surface area contributed by atoms with Crippen molar-refractivity contribution in [3.05, 3.63) is 24.3 Å². The standard InChI is InChI=1S/C17H30NO4/c1-9-10-11-12-17(18(6,7)8,21-15(19)13(2)3)22-16(20)14(4)5/h2,4,9-12H2,1,3,5-8H3/q+1. The lowest BCUT2D eigenvalue weighted by Crippen LogP contribution is -2.62. The van der Waals surface area contributed by atoms with Crippen molar-refractivity contribution in [3.63, 3.8) is 0 Å². The van der Waals surface area contributed by atoms with Crippen molar-refractivity contribution in [1.82, 2.24) is 0 Å². The molecule has 5 heteroatoms. The number of quaternary nitrogens is 1. The van der Waals surface area contributed by atoms with Crippen molar-refractivity contribution in [2.45, 2.75) is 52.4 Å². The highest BCUT2D eigenvalue weighted by atomic mass is 16.8. The first-order valence-electron chi connectivity index (χ1n) is 7.56. The van der Waals surface area contributed by atoms with E-state index in [2.05, 4.69) is 20.1 Å². The zero-order chi connectivity index (χ0) is 17.6. The smallest absolute Gasteiger partial charge is 0.371 e. The third kappa shape index (κ3) is 5.64. The molecule has 0 radical (unpaired) electrons. The Labute approximate surface area is 134 Å². The van der Waals surface area contributed by atoms with Crippen molar-refractivity contribution < 1.29 is 23.5 Å². The summed E-state index contributed by atoms with van der Waals surface area (Å²) in [5, 5.41) is 0. The Morgan fingerprint density at radius 3 is 1.64 bits per heavy atom. The molecule has 0 aromatic heterocycles. The first-order valence-corrected chi connectivity index (χ1v) is 7.56. The summed E-state index contributed by atoms with van der Waals surface area (Å²) in [6.45, 7) is 12.4. The molecule has 126 valence electrons. The minimum absolute atomic E-state index is 0.148. The number of nitrogens with zero attached hydrogens (tertiary/aromatic N) is 1. The summed E-state index contributed by atoms with van der Waals surface area (Å²) in [5.74, 6) is -2.53. The highest BCUT2D eigenvalue weighted by Gasteiger charge is 2.51. The molecule has 0 aliphatic carbocycles. The van der Waals surface area contributed by atoms with Gasteiger partial charge in [-0.25, -0.2) is 9.59 Å². The van der Waals surface area contributed by atoms with Gasteiger partial charge in [-0.1, -0.05) is 32.9 Å². The van der Waals surface area contributed by atoms with Crippen molar-refractivity contribution in [2.24, 2.45) is 0 Å². The summed E-state index contributed by atoms with van der Waals surface area (Å²) in [6.07, 6.45) is 3.16. The van der Waals surface area contributed by atoms with E-state index in [1.807, 2.05) is 21.1 Å². The molecule has 0 saturated heterocycles. The predicted octanol–water partition coefficient (Wildman–Crippen LogP) is 3.17. The molecule has 22 heavy (non-hydrogen) atoms. The monoisotopic (exact) mass is 312 g/mol. The Kier molecular flexibility index (Phi) is 7.53. The minimum atomic E-state index is -1.39. The van der Waals surface area contributed by atoms with Gasteiger partial charge < -0.3 is 9.47 Å². The summed E-state index contributed by atoms with van der Waals surface area (Å²) >= 11 is 0. The molecule has 0 amide bonds. The van der Waals surface area contributed by atoms with E-state index in [0.29, 0.717) is 6.42 Å². The molecule has 0 rings (SSSR count). The Hall–Kier alpha value is -1.62. The Morgan fingerprint density at radius 1 is 0.955 bits per heavy atom. The topological polar surface area (TPSA) is 52.6 Å². The van der Waals surface area contributed by atoms with E-state index in [-0.39, 0.29) is 15.6 Å². The third-order valence-corrected chi connectivity index (χ3v) is 3.32. The van der Waals surface area contributed by atoms with Gasteiger partial charge >= 0.3 is 17.8 Å². The predicted molar refractivity (Wildman–Crippen MR) is 86.7 cm³/mol. The molecule has 0 bridgehead atoms. The van der Waals surface area contributed by atoms with E-state index in [1.165, 1.54) is 0 Å². The molecule has 0 aromatic carbocycles. The van der Waals surface area contributed by atoms with Crippen LogP contribution in [0.25, 0.3) is 0 Å². The summed E-state index contributed by atoms with van der Waals surface area (Å²) < 4.78 is 11.3. The molecule has 0 saturated carbocycles. The van der Waals surface area contributed by atoms with E-state index in [4.69, 9.17) is 9.47 Å². The van der Waals surface area contributed by atoms with Crippen LogP contribution in [-0.2, 0) is 19.1 Å². The number of hydrogen-bond acceptors (Lipinski definition) is 4. The fraction of sp³-hybridized carbons (Fsp3) is 0.647. The maximum Gasteiger partial charge on any atom is 0.408 e. The second-order valence-corrected chi connectivity index (χ2v) is 6.52. The Morgan fingerprint density at radius 2 is 1.36 bits per heavy atom. The van der Waals surface area contributed by atoms with E-state index < -0.39 is 17.8 Å². The van der Waals surface area contributed by atoms with Gasteiger partial charge in [-0.3, -0.25) is 4.48 Å². The zero-order valence-electron chi connectivity index (χ0n) is 14.8. The van der Waals surface area contributed by atoms with Gasteiger partial charge in [0.2, 0.25) is 0 Å². The van der Waals surface area contributed by atoms with Crippen LogP contribution < -0.4 is 0 Å². The summed E-state index contributed by atoms with van der Waals surface area (Å²) in [6, 6.07) is 0. The molecule has 0 atom stereocenters. The molecule has 5 nitrogen and oxygen atoms in total. The highest BCUT2D eigenvalue weighted by molar-refractivity contribution is 5.88. The van der Waals surface area contributed by atoms with Gasteiger partial charge in [0.1, 0.15) is 0 Å². The minimum Gasteiger partial charge on any atom is -0.371 e. The van der Waals surface area contributed by atoms with Gasteiger partial charge in [0.25, 0.3) is 0 Å². The molecule has 0 aromatic rings. The fourth-order valence-corrected chi connectivity index (χ4v) is 1.79. The van der Waals surface area contributed by atoms with Crippen LogP contribution in [-0.4, -0.2) is 43.5 Å². The maximum atomic E-state index is 12.0. The maximum absolute atomic E-state index is 12.0. The summed E-state index contributed by atoms with van der Waals surface area (Å²) in [4.78, 5) is 24.1. The molecular weight excluding hydrogens is 282 g/mol. The molecule has 0 heterocycles. The zero-order valence-corrected chi connectivity index (χ0v) is 14.8. The molecule has 0 unspecified atom stereocenters. The number of rotatable bonds is 9. The molecular formula is C17H30NO4+. The van der Waals surface area contributed by atoms with Crippen LogP contribution in [0.2, 0.25) is 0 Å². The van der Waals surface area contributed by atoms with Crippen molar-refractivity contribution in [1.29, 1.82) is 0 Å². The third-order valence-electron chi connectivity index (χ3n) is 3.32. The number of ether oxygens (including phenoxy) is 2. The Bertz CT molecular complexity index is 418. The van der Waals surface area contributed by atoms with E-state index in [0.717, 1.165) is 19.3 Å². The van der Waals surface area contributed by atoms with E-state index >= 15 is 0 Å². The number of hydrogen-bond donors (Lipinski definition) is 0. The van der Waals surface area contributed by atoms with Gasteiger partial charge in [-0.15, -0.1) is 0 Å². The summed E-state index contributed by atoms with van der Waals surface area (Å²) in [7, 11) is 5.47. The highest BCUT2D eigenvalue weighted by Crippen LogP contribution is 2.31. The lowest BCUT2D eigenvalue weighted by molar-refractivity contribution is -0.974. The van der Waals surface area contributed by atoms with Crippen molar-refractivity contribution >= 4 is 11.9 Å². The first-order chi connectivity index (χ1) is 9.97. The molecule has 0 aliphatic heterocycles. The number of carbonyl (C=O) groups is 2. The molecule has 0 aliphatic rings. The van der Waals surface area contributed by atoms with Gasteiger partial charge in [0.05, 0.1) is 27.6 Å². The quantitative estimate of drug-likeness (QED) is 0.216. The Balaban J connectivity index is 5.60. The molecule has 0 fully saturated rings. The number of esters is 2. The molecule has 0 N–H and O–H groups in total. The second-order valence-electron chi connectivity index (χ2n) is 6.52. The second kappa shape index (κ2) is 8.13. The van der Waals surface area contributed by atoms with Gasteiger partial charge in [0.15, 0.2) is 0 Å². The van der Waals surface area contributed by atoms with Crippen LogP contribution in [0.4, 0.5) is 0 Å². The summed E-state index contributed by atoms with van der Waals surface area (Å²) in [5.41, 5.74) is 0.527. The molecule has 0 spiro atoms. The average molecular weight is 312 g/mol. The van der Waals surface area contributed by atoms with Crippen LogP contribution in [0.3, 0.4) is 0 Å². The normalized spacial score (nSPS) is 11.7. The van der Waals surface area contributed by atoms with Crippen LogP contribution in [0.15, 0.2) is 24.3 Å². The van der Waals surface area contributed by atoms with Crippen LogP contribution in [0, 0.1) is 0 Å². The average Bonchev–Trinajstić information content (AvgIpc) is 2.36. The van der Waals surface area contributed by atoms with E-state index in [9.17, 15) is 9.59 Å². The van der Waals surface area contributed by atoms with Gasteiger partial charge in [0, 0.05) is 11.1 Å². The number of carbonyl (C=O) groups excluding carboxylic acids is 2. The fourth-order valence-electron chi connectivity index (χ4n) is 1.79. The van der Waals surface area contributed by atoms with Crippen LogP contribution >= 0.6 is 0 Å². The largest absolute Gasteiger partial charge is 0.408 e. The van der Waals surface area contributed by atoms with Crippen LogP contribution in [0.5, 0.6) is 0 Å². The van der Waals surface area contributed by atoms with Gasteiger partial charge in [-0.05, 0) is 20.3 Å². The SMILES string of the molecule is C=C(C)C(=O)OC(CCCCC)(OC(=O)C(=C)C)[N+](C)(C)C.